The fourth-order valence-electron chi connectivity index (χ4n) is 1.65. The molecule has 3 aromatic rings. The van der Waals surface area contributed by atoms with Crippen molar-refractivity contribution in [2.24, 2.45) is 0 Å². The van der Waals surface area contributed by atoms with Crippen molar-refractivity contribution in [3.8, 4) is 11.4 Å². The summed E-state index contributed by atoms with van der Waals surface area (Å²) in [7, 11) is 0. The highest BCUT2D eigenvalue weighted by atomic mass is 32.1. The molecular weight excluding hydrogens is 246 g/mol. The van der Waals surface area contributed by atoms with Gasteiger partial charge < -0.3 is 5.32 Å². The molecule has 90 valence electrons. The Morgan fingerprint density at radius 3 is 3.28 bits per heavy atom. The topological polar surface area (TPSA) is 55.1 Å². The molecular formula is C12H11N5S. The largest absolute Gasteiger partial charge is 0.358 e. The lowest BCUT2D eigenvalue weighted by Gasteiger charge is -1.97. The van der Waals surface area contributed by atoms with Gasteiger partial charge in [-0.05, 0) is 6.07 Å². The minimum absolute atomic E-state index is 0.682. The van der Waals surface area contributed by atoms with Gasteiger partial charge in [0.15, 0.2) is 5.13 Å². The standard InChI is InChI=1S/C12H11N5S/c1-2-4-14-12-16-9(8-18-12)10-7-15-11-13-5-3-6-17(10)11/h2-3,5-8H,1,4H2,(H,14,16). The number of rotatable bonds is 4. The highest BCUT2D eigenvalue weighted by Crippen LogP contribution is 2.24. The lowest BCUT2D eigenvalue weighted by Crippen LogP contribution is -1.96. The van der Waals surface area contributed by atoms with E-state index in [4.69, 9.17) is 0 Å². The van der Waals surface area contributed by atoms with Crippen LogP contribution < -0.4 is 5.32 Å². The number of nitrogens with zero attached hydrogens (tertiary/aromatic N) is 4. The second-order valence-electron chi connectivity index (χ2n) is 3.64. The van der Waals surface area contributed by atoms with Gasteiger partial charge in [-0.1, -0.05) is 6.08 Å². The van der Waals surface area contributed by atoms with E-state index < -0.39 is 0 Å². The van der Waals surface area contributed by atoms with Crippen LogP contribution in [0.5, 0.6) is 0 Å². The first-order valence-electron chi connectivity index (χ1n) is 5.47. The SMILES string of the molecule is C=CCNc1nc(-c2cnc3ncccn23)cs1. The summed E-state index contributed by atoms with van der Waals surface area (Å²) < 4.78 is 1.92. The monoisotopic (exact) mass is 257 g/mol. The second kappa shape index (κ2) is 4.58. The number of thiazole rings is 1. The minimum Gasteiger partial charge on any atom is -0.358 e. The van der Waals surface area contributed by atoms with Crippen LogP contribution in [0.4, 0.5) is 5.13 Å². The summed E-state index contributed by atoms with van der Waals surface area (Å²) in [5.41, 5.74) is 1.84. The Bertz CT molecular complexity index is 684. The van der Waals surface area contributed by atoms with Crippen LogP contribution in [0.25, 0.3) is 17.2 Å². The van der Waals surface area contributed by atoms with Gasteiger partial charge in [0.05, 0.1) is 11.9 Å². The number of fused-ring (bicyclic) bond motifs is 1. The Kier molecular flexibility index (Phi) is 2.77. The lowest BCUT2D eigenvalue weighted by molar-refractivity contribution is 1.11. The van der Waals surface area contributed by atoms with Crippen molar-refractivity contribution in [3.05, 3.63) is 42.7 Å². The van der Waals surface area contributed by atoms with Crippen LogP contribution in [0.2, 0.25) is 0 Å². The van der Waals surface area contributed by atoms with E-state index >= 15 is 0 Å². The van der Waals surface area contributed by atoms with E-state index in [0.717, 1.165) is 16.5 Å². The molecule has 5 nitrogen and oxygen atoms in total. The average molecular weight is 257 g/mol. The molecule has 0 unspecified atom stereocenters. The summed E-state index contributed by atoms with van der Waals surface area (Å²) in [5.74, 6) is 0.682. The van der Waals surface area contributed by atoms with Crippen LogP contribution in [0.15, 0.2) is 42.7 Å². The van der Waals surface area contributed by atoms with E-state index in [-0.39, 0.29) is 0 Å². The Balaban J connectivity index is 1.99. The molecule has 1 N–H and O–H groups in total. The Morgan fingerprint density at radius 2 is 2.39 bits per heavy atom. The van der Waals surface area contributed by atoms with Gasteiger partial charge in [0.2, 0.25) is 5.78 Å². The molecule has 6 heteroatoms. The maximum atomic E-state index is 4.51. The van der Waals surface area contributed by atoms with Crippen molar-refractivity contribution in [2.75, 3.05) is 11.9 Å². The van der Waals surface area contributed by atoms with Crippen LogP contribution in [0.1, 0.15) is 0 Å². The molecule has 0 atom stereocenters. The number of aromatic nitrogens is 4. The summed E-state index contributed by atoms with van der Waals surface area (Å²) in [6, 6.07) is 1.88. The fraction of sp³-hybridized carbons (Fsp3) is 0.0833. The number of nitrogens with one attached hydrogen (secondary N) is 1. The maximum Gasteiger partial charge on any atom is 0.234 e. The molecule has 3 aromatic heterocycles. The summed E-state index contributed by atoms with van der Waals surface area (Å²) >= 11 is 1.56. The van der Waals surface area contributed by atoms with Crippen LogP contribution in [-0.4, -0.2) is 25.9 Å². The molecule has 0 bridgehead atoms. The second-order valence-corrected chi connectivity index (χ2v) is 4.50. The Hall–Kier alpha value is -2.21. The third kappa shape index (κ3) is 1.86. The molecule has 0 amide bonds. The van der Waals surface area contributed by atoms with Gasteiger partial charge >= 0.3 is 0 Å². The predicted octanol–water partition coefficient (Wildman–Crippen LogP) is 2.45. The van der Waals surface area contributed by atoms with Crippen molar-refractivity contribution in [2.45, 2.75) is 0 Å². The zero-order valence-electron chi connectivity index (χ0n) is 9.58. The van der Waals surface area contributed by atoms with E-state index in [0.29, 0.717) is 12.3 Å². The van der Waals surface area contributed by atoms with Gasteiger partial charge in [0.1, 0.15) is 5.69 Å². The highest BCUT2D eigenvalue weighted by molar-refractivity contribution is 7.14. The molecule has 0 spiro atoms. The van der Waals surface area contributed by atoms with Crippen molar-refractivity contribution in [1.82, 2.24) is 19.4 Å². The zero-order valence-corrected chi connectivity index (χ0v) is 10.4. The molecule has 0 saturated heterocycles. The molecule has 0 aromatic carbocycles. The first-order chi connectivity index (χ1) is 8.88. The first kappa shape index (κ1) is 10.9. The Morgan fingerprint density at radius 1 is 1.44 bits per heavy atom. The molecule has 0 aliphatic heterocycles. The van der Waals surface area contributed by atoms with Gasteiger partial charge in [-0.25, -0.2) is 15.0 Å². The average Bonchev–Trinajstić information content (AvgIpc) is 3.02. The van der Waals surface area contributed by atoms with Crippen LogP contribution in [0, 0.1) is 0 Å². The molecule has 0 radical (unpaired) electrons. The molecule has 3 rings (SSSR count). The molecule has 0 saturated carbocycles. The number of imidazole rings is 1. The molecule has 0 fully saturated rings. The first-order valence-corrected chi connectivity index (χ1v) is 6.35. The zero-order chi connectivity index (χ0) is 12.4. The molecule has 3 heterocycles. The summed E-state index contributed by atoms with van der Waals surface area (Å²) in [6.07, 6.45) is 7.25. The molecule has 0 aliphatic carbocycles. The van der Waals surface area contributed by atoms with Gasteiger partial charge in [-0.15, -0.1) is 17.9 Å². The van der Waals surface area contributed by atoms with Gasteiger partial charge in [-0.3, -0.25) is 4.40 Å². The van der Waals surface area contributed by atoms with E-state index in [2.05, 4.69) is 26.8 Å². The van der Waals surface area contributed by atoms with E-state index in [1.807, 2.05) is 22.0 Å². The van der Waals surface area contributed by atoms with Crippen molar-refractivity contribution < 1.29 is 0 Å². The third-order valence-corrected chi connectivity index (χ3v) is 3.25. The summed E-state index contributed by atoms with van der Waals surface area (Å²) in [6.45, 7) is 4.38. The van der Waals surface area contributed by atoms with Crippen molar-refractivity contribution >= 4 is 22.2 Å². The van der Waals surface area contributed by atoms with E-state index in [1.54, 1.807) is 29.8 Å². The minimum atomic E-state index is 0.682. The van der Waals surface area contributed by atoms with E-state index in [9.17, 15) is 0 Å². The summed E-state index contributed by atoms with van der Waals surface area (Å²) in [5, 5.41) is 6.05. The van der Waals surface area contributed by atoms with Gasteiger partial charge in [-0.2, -0.15) is 0 Å². The quantitative estimate of drug-likeness (QED) is 0.729. The van der Waals surface area contributed by atoms with E-state index in [1.165, 1.54) is 0 Å². The predicted molar refractivity (Wildman–Crippen MR) is 72.8 cm³/mol. The highest BCUT2D eigenvalue weighted by Gasteiger charge is 2.09. The van der Waals surface area contributed by atoms with Crippen LogP contribution in [0.3, 0.4) is 0 Å². The van der Waals surface area contributed by atoms with Crippen LogP contribution >= 0.6 is 11.3 Å². The van der Waals surface area contributed by atoms with Crippen LogP contribution in [-0.2, 0) is 0 Å². The number of hydrogen-bond donors (Lipinski definition) is 1. The molecule has 0 aliphatic rings. The van der Waals surface area contributed by atoms with Gasteiger partial charge in [0.25, 0.3) is 0 Å². The van der Waals surface area contributed by atoms with Crippen molar-refractivity contribution in [3.63, 3.8) is 0 Å². The lowest BCUT2D eigenvalue weighted by atomic mass is 10.4. The molecule has 18 heavy (non-hydrogen) atoms. The smallest absolute Gasteiger partial charge is 0.234 e. The summed E-state index contributed by atoms with van der Waals surface area (Å²) in [4.78, 5) is 12.9. The Labute approximate surface area is 108 Å². The van der Waals surface area contributed by atoms with Crippen molar-refractivity contribution in [1.29, 1.82) is 0 Å². The fourth-order valence-corrected chi connectivity index (χ4v) is 2.36. The van der Waals surface area contributed by atoms with Gasteiger partial charge in [0, 0.05) is 24.3 Å². The third-order valence-electron chi connectivity index (χ3n) is 2.45. The normalized spacial score (nSPS) is 10.7. The number of hydrogen-bond acceptors (Lipinski definition) is 5. The number of anilines is 1. The maximum absolute atomic E-state index is 4.51.